The molecule has 0 aromatic rings. The maximum atomic E-state index is 11.5. The Labute approximate surface area is 100 Å². The average molecular weight is 245 g/mol. The summed E-state index contributed by atoms with van der Waals surface area (Å²) in [5.74, 6) is -1.27. The van der Waals surface area contributed by atoms with Crippen molar-refractivity contribution < 1.29 is 19.2 Å². The molecule has 0 spiro atoms. The van der Waals surface area contributed by atoms with Crippen LogP contribution in [0.15, 0.2) is 0 Å². The third-order valence-corrected chi connectivity index (χ3v) is 2.37. The smallest absolute Gasteiger partial charge is 0.381 e. The van der Waals surface area contributed by atoms with Crippen LogP contribution in [-0.2, 0) is 14.3 Å². The Hall–Kier alpha value is -1.46. The third kappa shape index (κ3) is 5.42. The molecule has 0 fully saturated rings. The van der Waals surface area contributed by atoms with Gasteiger partial charge in [0, 0.05) is 17.3 Å². The summed E-state index contributed by atoms with van der Waals surface area (Å²) in [6.07, 6.45) is 1.06. The lowest BCUT2D eigenvalue weighted by atomic mass is 9.88. The Morgan fingerprint density at radius 1 is 1.47 bits per heavy atom. The van der Waals surface area contributed by atoms with E-state index in [-0.39, 0.29) is 18.9 Å². The molecule has 6 heteroatoms. The molecule has 0 aromatic carbocycles. The van der Waals surface area contributed by atoms with Crippen LogP contribution in [0.3, 0.4) is 0 Å². The van der Waals surface area contributed by atoms with Crippen molar-refractivity contribution in [1.82, 2.24) is 0 Å². The van der Waals surface area contributed by atoms with E-state index in [1.165, 1.54) is 0 Å². The number of carbonyl (C=O) groups excluding carboxylic acids is 2. The zero-order valence-corrected chi connectivity index (χ0v) is 10.4. The molecular formula is C11H19NO5. The molecule has 0 amide bonds. The number of hydrogen-bond acceptors (Lipinski definition) is 5. The molecule has 0 saturated carbocycles. The molecule has 0 aliphatic carbocycles. The summed E-state index contributed by atoms with van der Waals surface area (Å²) < 4.78 is 4.68. The van der Waals surface area contributed by atoms with Crippen molar-refractivity contribution in [1.29, 1.82) is 0 Å². The predicted octanol–water partition coefficient (Wildman–Crippen LogP) is 1.45. The van der Waals surface area contributed by atoms with Crippen LogP contribution >= 0.6 is 0 Å². The molecule has 1 unspecified atom stereocenters. The standard InChI is InChI=1S/C11H19NO5/c1-4-17-11(14)10(12(15)16)9(5-6-13)7-8(2)3/h6,8-10H,4-5,7H2,1-3H3/t9-,10?/m0/s1. The summed E-state index contributed by atoms with van der Waals surface area (Å²) >= 11 is 0. The average Bonchev–Trinajstić information content (AvgIpc) is 2.16. The van der Waals surface area contributed by atoms with E-state index in [1.807, 2.05) is 13.8 Å². The van der Waals surface area contributed by atoms with Crippen molar-refractivity contribution in [3.8, 4) is 0 Å². The van der Waals surface area contributed by atoms with E-state index in [4.69, 9.17) is 0 Å². The number of nitro groups is 1. The van der Waals surface area contributed by atoms with Crippen molar-refractivity contribution >= 4 is 12.3 Å². The van der Waals surface area contributed by atoms with Gasteiger partial charge in [0.1, 0.15) is 6.29 Å². The highest BCUT2D eigenvalue weighted by molar-refractivity contribution is 5.75. The molecule has 0 aromatic heterocycles. The van der Waals surface area contributed by atoms with E-state index in [9.17, 15) is 19.7 Å². The number of aldehydes is 1. The summed E-state index contributed by atoms with van der Waals surface area (Å²) in [7, 11) is 0. The van der Waals surface area contributed by atoms with Crippen LogP contribution in [0.2, 0.25) is 0 Å². The first-order valence-electron chi connectivity index (χ1n) is 5.67. The number of esters is 1. The zero-order valence-electron chi connectivity index (χ0n) is 10.4. The molecule has 2 atom stereocenters. The fourth-order valence-electron chi connectivity index (χ4n) is 1.76. The monoisotopic (exact) mass is 245 g/mol. The molecule has 17 heavy (non-hydrogen) atoms. The van der Waals surface area contributed by atoms with Gasteiger partial charge in [0.05, 0.1) is 6.61 Å². The Kier molecular flexibility index (Phi) is 7.09. The minimum atomic E-state index is -1.44. The summed E-state index contributed by atoms with van der Waals surface area (Å²) in [5.41, 5.74) is 0. The van der Waals surface area contributed by atoms with Crippen LogP contribution in [0.4, 0.5) is 0 Å². The van der Waals surface area contributed by atoms with Crippen LogP contribution in [0.25, 0.3) is 0 Å². The van der Waals surface area contributed by atoms with Crippen LogP contribution < -0.4 is 0 Å². The van der Waals surface area contributed by atoms with Gasteiger partial charge < -0.3 is 9.53 Å². The molecule has 0 aliphatic rings. The Morgan fingerprint density at radius 3 is 2.41 bits per heavy atom. The minimum Gasteiger partial charge on any atom is -0.461 e. The maximum Gasteiger partial charge on any atom is 0.381 e. The molecule has 98 valence electrons. The molecule has 0 N–H and O–H groups in total. The van der Waals surface area contributed by atoms with Crippen molar-refractivity contribution in [3.05, 3.63) is 10.1 Å². The number of ether oxygens (including phenoxy) is 1. The summed E-state index contributed by atoms with van der Waals surface area (Å²) in [4.78, 5) is 32.3. The number of nitrogens with zero attached hydrogens (tertiary/aromatic N) is 1. The topological polar surface area (TPSA) is 86.5 Å². The Morgan fingerprint density at radius 2 is 2.06 bits per heavy atom. The van der Waals surface area contributed by atoms with Crippen molar-refractivity contribution in [2.24, 2.45) is 11.8 Å². The van der Waals surface area contributed by atoms with Gasteiger partial charge >= 0.3 is 12.0 Å². The molecule has 0 heterocycles. The number of carbonyl (C=O) groups is 2. The number of hydrogen-bond donors (Lipinski definition) is 0. The van der Waals surface area contributed by atoms with Crippen LogP contribution in [0.5, 0.6) is 0 Å². The lowest BCUT2D eigenvalue weighted by Crippen LogP contribution is -2.39. The largest absolute Gasteiger partial charge is 0.461 e. The van der Waals surface area contributed by atoms with E-state index in [0.29, 0.717) is 12.7 Å². The van der Waals surface area contributed by atoms with Gasteiger partial charge in [0.25, 0.3) is 0 Å². The maximum absolute atomic E-state index is 11.5. The Bertz CT molecular complexity index is 277. The van der Waals surface area contributed by atoms with Gasteiger partial charge in [0.2, 0.25) is 0 Å². The van der Waals surface area contributed by atoms with Crippen LogP contribution in [0.1, 0.15) is 33.6 Å². The van der Waals surface area contributed by atoms with Gasteiger partial charge in [0.15, 0.2) is 0 Å². The second kappa shape index (κ2) is 7.76. The second-order valence-corrected chi connectivity index (χ2v) is 4.27. The molecule has 0 rings (SSSR count). The molecule has 0 aliphatic heterocycles. The van der Waals surface area contributed by atoms with Crippen molar-refractivity contribution in [2.75, 3.05) is 6.61 Å². The second-order valence-electron chi connectivity index (χ2n) is 4.27. The van der Waals surface area contributed by atoms with Gasteiger partial charge in [-0.3, -0.25) is 10.1 Å². The van der Waals surface area contributed by atoms with E-state index < -0.39 is 22.9 Å². The normalized spacial score (nSPS) is 14.1. The first-order valence-corrected chi connectivity index (χ1v) is 5.67. The lowest BCUT2D eigenvalue weighted by Gasteiger charge is -2.19. The summed E-state index contributed by atoms with van der Waals surface area (Å²) in [5, 5.41) is 10.9. The van der Waals surface area contributed by atoms with Crippen molar-refractivity contribution in [2.45, 2.75) is 39.7 Å². The fraction of sp³-hybridized carbons (Fsp3) is 0.818. The quantitative estimate of drug-likeness (QED) is 0.279. The van der Waals surface area contributed by atoms with E-state index in [0.717, 1.165) is 0 Å². The van der Waals surface area contributed by atoms with Gasteiger partial charge in [-0.05, 0) is 19.3 Å². The van der Waals surface area contributed by atoms with Gasteiger partial charge in [-0.15, -0.1) is 0 Å². The van der Waals surface area contributed by atoms with Crippen molar-refractivity contribution in [3.63, 3.8) is 0 Å². The Balaban J connectivity index is 4.87. The van der Waals surface area contributed by atoms with Gasteiger partial charge in [-0.2, -0.15) is 0 Å². The SMILES string of the molecule is CCOC(=O)C([C@@H](CC=O)CC(C)C)[N+](=O)[O-]. The van der Waals surface area contributed by atoms with E-state index in [2.05, 4.69) is 4.74 Å². The molecule has 0 saturated heterocycles. The van der Waals surface area contributed by atoms with E-state index >= 15 is 0 Å². The van der Waals surface area contributed by atoms with E-state index in [1.54, 1.807) is 6.92 Å². The predicted molar refractivity (Wildman–Crippen MR) is 61.0 cm³/mol. The zero-order chi connectivity index (χ0) is 13.4. The molecule has 0 radical (unpaired) electrons. The molecular weight excluding hydrogens is 226 g/mol. The first-order chi connectivity index (χ1) is 7.93. The van der Waals surface area contributed by atoms with Gasteiger partial charge in [-0.25, -0.2) is 4.79 Å². The first kappa shape index (κ1) is 15.5. The molecule has 6 nitrogen and oxygen atoms in total. The summed E-state index contributed by atoms with van der Waals surface area (Å²) in [6, 6.07) is -1.44. The molecule has 0 bridgehead atoms. The highest BCUT2D eigenvalue weighted by atomic mass is 16.6. The minimum absolute atomic E-state index is 0.00262. The van der Waals surface area contributed by atoms with Crippen LogP contribution in [-0.4, -0.2) is 29.8 Å². The van der Waals surface area contributed by atoms with Crippen LogP contribution in [0, 0.1) is 22.0 Å². The lowest BCUT2D eigenvalue weighted by molar-refractivity contribution is -0.520. The highest BCUT2D eigenvalue weighted by Gasteiger charge is 2.39. The fourth-order valence-corrected chi connectivity index (χ4v) is 1.76. The summed E-state index contributed by atoms with van der Waals surface area (Å²) in [6.45, 7) is 5.46. The number of rotatable bonds is 8. The van der Waals surface area contributed by atoms with Gasteiger partial charge in [-0.1, -0.05) is 13.8 Å². The third-order valence-electron chi connectivity index (χ3n) is 2.37. The highest BCUT2D eigenvalue weighted by Crippen LogP contribution is 2.21.